The van der Waals surface area contributed by atoms with Crippen molar-refractivity contribution >= 4 is 5.97 Å². The SMILES string of the molecule is COC[C@@H](OC)C1OC(=O)C(O)=C1OC. The lowest BCUT2D eigenvalue weighted by Gasteiger charge is -2.21. The van der Waals surface area contributed by atoms with E-state index in [1.54, 1.807) is 0 Å². The lowest BCUT2D eigenvalue weighted by Crippen LogP contribution is -2.34. The van der Waals surface area contributed by atoms with Gasteiger partial charge >= 0.3 is 5.97 Å². The quantitative estimate of drug-likeness (QED) is 0.654. The Hall–Kier alpha value is -1.27. The zero-order chi connectivity index (χ0) is 11.4. The predicted molar refractivity (Wildman–Crippen MR) is 49.2 cm³/mol. The molecule has 1 heterocycles. The summed E-state index contributed by atoms with van der Waals surface area (Å²) in [5, 5.41) is 9.32. The van der Waals surface area contributed by atoms with E-state index in [0.29, 0.717) is 0 Å². The maximum absolute atomic E-state index is 11.1. The van der Waals surface area contributed by atoms with E-state index in [-0.39, 0.29) is 12.4 Å². The fourth-order valence-electron chi connectivity index (χ4n) is 1.36. The smallest absolute Gasteiger partial charge is 0.378 e. The second-order valence-electron chi connectivity index (χ2n) is 2.97. The molecule has 0 aromatic carbocycles. The molecule has 0 aliphatic carbocycles. The summed E-state index contributed by atoms with van der Waals surface area (Å²) < 4.78 is 19.7. The number of hydrogen-bond acceptors (Lipinski definition) is 6. The third-order valence-corrected chi connectivity index (χ3v) is 2.11. The van der Waals surface area contributed by atoms with Crippen LogP contribution in [0.4, 0.5) is 0 Å². The van der Waals surface area contributed by atoms with Gasteiger partial charge in [-0.15, -0.1) is 0 Å². The average Bonchev–Trinajstić information content (AvgIpc) is 2.51. The molecule has 0 amide bonds. The van der Waals surface area contributed by atoms with Crippen LogP contribution in [0.1, 0.15) is 0 Å². The second kappa shape index (κ2) is 4.99. The van der Waals surface area contributed by atoms with Crippen LogP contribution in [0.3, 0.4) is 0 Å². The Morgan fingerprint density at radius 2 is 2.13 bits per heavy atom. The molecule has 0 aromatic heterocycles. The molecule has 86 valence electrons. The summed E-state index contributed by atoms with van der Waals surface area (Å²) in [4.78, 5) is 11.1. The Morgan fingerprint density at radius 1 is 1.47 bits per heavy atom. The highest BCUT2D eigenvalue weighted by atomic mass is 16.6. The number of carbonyl (C=O) groups excluding carboxylic acids is 1. The first kappa shape index (κ1) is 11.8. The van der Waals surface area contributed by atoms with Crippen LogP contribution in [0, 0.1) is 0 Å². The first-order valence-corrected chi connectivity index (χ1v) is 4.35. The van der Waals surface area contributed by atoms with Gasteiger partial charge in [0.25, 0.3) is 0 Å². The fraction of sp³-hybridized carbons (Fsp3) is 0.667. The van der Waals surface area contributed by atoms with Crippen molar-refractivity contribution in [3.63, 3.8) is 0 Å². The lowest BCUT2D eigenvalue weighted by atomic mass is 10.2. The summed E-state index contributed by atoms with van der Waals surface area (Å²) in [5.74, 6) is -1.25. The molecule has 0 saturated heterocycles. The van der Waals surface area contributed by atoms with Gasteiger partial charge in [0.2, 0.25) is 5.76 Å². The minimum absolute atomic E-state index is 0.0731. The van der Waals surface area contributed by atoms with Gasteiger partial charge in [-0.2, -0.15) is 0 Å². The minimum Gasteiger partial charge on any atom is -0.499 e. The van der Waals surface area contributed by atoms with Gasteiger partial charge < -0.3 is 24.1 Å². The number of aliphatic hydroxyl groups is 1. The number of ether oxygens (including phenoxy) is 4. The molecular formula is C9H14O6. The van der Waals surface area contributed by atoms with Crippen LogP contribution < -0.4 is 0 Å². The van der Waals surface area contributed by atoms with Gasteiger partial charge in [-0.1, -0.05) is 0 Å². The number of carbonyl (C=O) groups is 1. The van der Waals surface area contributed by atoms with Crippen molar-refractivity contribution in [3.8, 4) is 0 Å². The first-order valence-electron chi connectivity index (χ1n) is 4.35. The van der Waals surface area contributed by atoms with Crippen LogP contribution >= 0.6 is 0 Å². The highest BCUT2D eigenvalue weighted by Crippen LogP contribution is 2.25. The molecule has 2 atom stereocenters. The number of hydrogen-bond donors (Lipinski definition) is 1. The van der Waals surface area contributed by atoms with E-state index in [1.807, 2.05) is 0 Å². The van der Waals surface area contributed by atoms with Gasteiger partial charge in [-0.25, -0.2) is 4.79 Å². The van der Waals surface area contributed by atoms with E-state index >= 15 is 0 Å². The molecule has 0 bridgehead atoms. The molecular weight excluding hydrogens is 204 g/mol. The molecule has 0 saturated carbocycles. The summed E-state index contributed by atoms with van der Waals surface area (Å²) in [6, 6.07) is 0. The monoisotopic (exact) mass is 218 g/mol. The Labute approximate surface area is 87.4 Å². The lowest BCUT2D eigenvalue weighted by molar-refractivity contribution is -0.149. The van der Waals surface area contributed by atoms with Gasteiger partial charge in [-0.05, 0) is 0 Å². The van der Waals surface area contributed by atoms with Crippen LogP contribution in [-0.2, 0) is 23.7 Å². The number of aliphatic hydroxyl groups excluding tert-OH is 1. The maximum Gasteiger partial charge on any atom is 0.378 e. The second-order valence-corrected chi connectivity index (χ2v) is 2.97. The van der Waals surface area contributed by atoms with Crippen molar-refractivity contribution in [3.05, 3.63) is 11.5 Å². The van der Waals surface area contributed by atoms with Crippen LogP contribution in [0.2, 0.25) is 0 Å². The van der Waals surface area contributed by atoms with Crippen molar-refractivity contribution in [1.82, 2.24) is 0 Å². The van der Waals surface area contributed by atoms with Crippen molar-refractivity contribution in [2.45, 2.75) is 12.2 Å². The molecule has 1 rings (SSSR count). The van der Waals surface area contributed by atoms with Gasteiger partial charge in [-0.3, -0.25) is 0 Å². The van der Waals surface area contributed by atoms with E-state index < -0.39 is 23.9 Å². The van der Waals surface area contributed by atoms with E-state index in [2.05, 4.69) is 0 Å². The van der Waals surface area contributed by atoms with Gasteiger partial charge in [0.05, 0.1) is 13.7 Å². The van der Waals surface area contributed by atoms with Crippen molar-refractivity contribution in [2.24, 2.45) is 0 Å². The molecule has 6 heteroatoms. The van der Waals surface area contributed by atoms with E-state index in [4.69, 9.17) is 18.9 Å². The summed E-state index contributed by atoms with van der Waals surface area (Å²) >= 11 is 0. The zero-order valence-electron chi connectivity index (χ0n) is 8.85. The van der Waals surface area contributed by atoms with Crippen LogP contribution in [0.5, 0.6) is 0 Å². The van der Waals surface area contributed by atoms with E-state index in [1.165, 1.54) is 21.3 Å². The highest BCUT2D eigenvalue weighted by molar-refractivity contribution is 5.89. The Bertz CT molecular complexity index is 272. The summed E-state index contributed by atoms with van der Waals surface area (Å²) in [5.41, 5.74) is 0. The molecule has 0 spiro atoms. The van der Waals surface area contributed by atoms with Crippen molar-refractivity contribution in [1.29, 1.82) is 0 Å². The third kappa shape index (κ3) is 2.21. The number of rotatable bonds is 5. The van der Waals surface area contributed by atoms with Crippen LogP contribution in [0.25, 0.3) is 0 Å². The fourth-order valence-corrected chi connectivity index (χ4v) is 1.36. The molecule has 1 aliphatic rings. The summed E-state index contributed by atoms with van der Waals surface area (Å²) in [6.07, 6.45) is -1.26. The average molecular weight is 218 g/mol. The molecule has 0 radical (unpaired) electrons. The summed E-state index contributed by atoms with van der Waals surface area (Å²) in [6.45, 7) is 0.231. The van der Waals surface area contributed by atoms with Gasteiger partial charge in [0.1, 0.15) is 6.10 Å². The molecule has 1 unspecified atom stereocenters. The zero-order valence-corrected chi connectivity index (χ0v) is 8.85. The molecule has 1 aliphatic heterocycles. The molecule has 0 aromatic rings. The normalized spacial score (nSPS) is 22.9. The first-order chi connectivity index (χ1) is 7.15. The van der Waals surface area contributed by atoms with Gasteiger partial charge in [0.15, 0.2) is 11.9 Å². The molecule has 1 N–H and O–H groups in total. The minimum atomic E-state index is -0.810. The predicted octanol–water partition coefficient (Wildman–Crippen LogP) is -0.0108. The van der Waals surface area contributed by atoms with Crippen LogP contribution in [-0.4, -0.2) is 51.2 Å². The molecule has 0 fully saturated rings. The summed E-state index contributed by atoms with van der Waals surface area (Å²) in [7, 11) is 4.30. The number of esters is 1. The molecule has 15 heavy (non-hydrogen) atoms. The topological polar surface area (TPSA) is 74.2 Å². The Morgan fingerprint density at radius 3 is 2.60 bits per heavy atom. The third-order valence-electron chi connectivity index (χ3n) is 2.11. The largest absolute Gasteiger partial charge is 0.499 e. The number of cyclic esters (lactones) is 1. The van der Waals surface area contributed by atoms with Crippen LogP contribution in [0.15, 0.2) is 11.5 Å². The van der Waals surface area contributed by atoms with E-state index in [0.717, 1.165) is 0 Å². The van der Waals surface area contributed by atoms with Crippen molar-refractivity contribution in [2.75, 3.05) is 27.9 Å². The van der Waals surface area contributed by atoms with E-state index in [9.17, 15) is 9.90 Å². The number of methoxy groups -OCH3 is 3. The maximum atomic E-state index is 11.1. The Balaban J connectivity index is 2.82. The highest BCUT2D eigenvalue weighted by Gasteiger charge is 2.41. The standard InChI is InChI=1S/C9H14O6/c1-12-4-5(13-2)7-8(14-3)6(10)9(11)15-7/h5,7,10H,4H2,1-3H3/t5-,7?/m1/s1. The molecule has 6 nitrogen and oxygen atoms in total. The van der Waals surface area contributed by atoms with Gasteiger partial charge in [0, 0.05) is 14.2 Å². The van der Waals surface area contributed by atoms with Crippen molar-refractivity contribution < 1.29 is 28.8 Å². The Kier molecular flexibility index (Phi) is 3.93.